The number of carbonyl (C=O) groups excluding carboxylic acids is 1. The zero-order valence-electron chi connectivity index (χ0n) is 15.1. The van der Waals surface area contributed by atoms with Gasteiger partial charge < -0.3 is 19.7 Å². The van der Waals surface area contributed by atoms with Gasteiger partial charge in [0.05, 0.1) is 12.8 Å². The van der Waals surface area contributed by atoms with Crippen LogP contribution in [0.3, 0.4) is 0 Å². The number of amides is 1. The quantitative estimate of drug-likeness (QED) is 0.807. The molecule has 1 aliphatic heterocycles. The minimum atomic E-state index is -0.828. The van der Waals surface area contributed by atoms with Gasteiger partial charge in [-0.1, -0.05) is 12.1 Å². The first-order valence-electron chi connectivity index (χ1n) is 8.79. The Morgan fingerprint density at radius 1 is 1.22 bits per heavy atom. The summed E-state index contributed by atoms with van der Waals surface area (Å²) in [6.07, 6.45) is 0.950. The van der Waals surface area contributed by atoms with E-state index in [1.165, 1.54) is 6.07 Å². The molecule has 0 radical (unpaired) electrons. The highest BCUT2D eigenvalue weighted by atomic mass is 19.1. The average molecular weight is 376 g/mol. The highest BCUT2D eigenvalue weighted by molar-refractivity contribution is 5.77. The summed E-state index contributed by atoms with van der Waals surface area (Å²) in [5.41, 5.74) is 1.05. The number of anilines is 1. The molecule has 0 aromatic heterocycles. The van der Waals surface area contributed by atoms with Crippen molar-refractivity contribution in [2.75, 3.05) is 38.3 Å². The van der Waals surface area contributed by atoms with E-state index in [0.29, 0.717) is 12.5 Å². The number of nitrogens with one attached hydrogen (secondary N) is 1. The SMILES string of the molecule is COc1ccccc1N1CC[C@H](CNC(=O)COc2ccc(F)cc2F)C1. The molecular formula is C20H22F2N2O3. The van der Waals surface area contributed by atoms with Crippen LogP contribution in [-0.2, 0) is 4.79 Å². The van der Waals surface area contributed by atoms with Crippen LogP contribution in [0.5, 0.6) is 11.5 Å². The molecule has 0 bridgehead atoms. The number of halogens is 2. The van der Waals surface area contributed by atoms with Gasteiger partial charge in [0.1, 0.15) is 11.6 Å². The van der Waals surface area contributed by atoms with Crippen molar-refractivity contribution in [1.82, 2.24) is 5.32 Å². The summed E-state index contributed by atoms with van der Waals surface area (Å²) >= 11 is 0. The lowest BCUT2D eigenvalue weighted by Gasteiger charge is -2.21. The smallest absolute Gasteiger partial charge is 0.257 e. The summed E-state index contributed by atoms with van der Waals surface area (Å²) in [6.45, 7) is 1.90. The Labute approximate surface area is 156 Å². The van der Waals surface area contributed by atoms with Crippen molar-refractivity contribution in [3.8, 4) is 11.5 Å². The Kier molecular flexibility index (Phi) is 6.11. The molecule has 144 valence electrons. The van der Waals surface area contributed by atoms with Crippen molar-refractivity contribution in [2.45, 2.75) is 6.42 Å². The molecule has 0 saturated carbocycles. The zero-order chi connectivity index (χ0) is 19.2. The standard InChI is InChI=1S/C20H22F2N2O3/c1-26-19-5-3-2-4-17(19)24-9-8-14(12-24)11-23-20(25)13-27-18-7-6-15(21)10-16(18)22/h2-7,10,14H,8-9,11-13H2,1H3,(H,23,25)/t14-/m1/s1. The molecule has 2 aromatic rings. The van der Waals surface area contributed by atoms with Gasteiger partial charge in [0.15, 0.2) is 18.2 Å². The molecule has 1 N–H and O–H groups in total. The number of ether oxygens (including phenoxy) is 2. The molecule has 0 unspecified atom stereocenters. The maximum absolute atomic E-state index is 13.5. The van der Waals surface area contributed by atoms with E-state index in [1.807, 2.05) is 24.3 Å². The van der Waals surface area contributed by atoms with Crippen LogP contribution in [0.4, 0.5) is 14.5 Å². The Morgan fingerprint density at radius 2 is 2.04 bits per heavy atom. The first kappa shape index (κ1) is 18.9. The van der Waals surface area contributed by atoms with E-state index in [-0.39, 0.29) is 18.3 Å². The van der Waals surface area contributed by atoms with E-state index in [0.717, 1.165) is 43.1 Å². The maximum Gasteiger partial charge on any atom is 0.257 e. The molecule has 1 amide bonds. The van der Waals surface area contributed by atoms with Crippen LogP contribution in [0.25, 0.3) is 0 Å². The summed E-state index contributed by atoms with van der Waals surface area (Å²) < 4.78 is 36.9. The second-order valence-corrected chi connectivity index (χ2v) is 6.44. The van der Waals surface area contributed by atoms with Gasteiger partial charge in [0.2, 0.25) is 0 Å². The lowest BCUT2D eigenvalue weighted by molar-refractivity contribution is -0.123. The van der Waals surface area contributed by atoms with Crippen LogP contribution < -0.4 is 19.7 Å². The van der Waals surface area contributed by atoms with Crippen LogP contribution in [0.1, 0.15) is 6.42 Å². The number of hydrogen-bond donors (Lipinski definition) is 1. The summed E-state index contributed by atoms with van der Waals surface area (Å²) in [4.78, 5) is 14.2. The molecule has 7 heteroatoms. The minimum Gasteiger partial charge on any atom is -0.495 e. The molecule has 27 heavy (non-hydrogen) atoms. The van der Waals surface area contributed by atoms with Crippen LogP contribution >= 0.6 is 0 Å². The normalized spacial score (nSPS) is 16.3. The largest absolute Gasteiger partial charge is 0.495 e. The van der Waals surface area contributed by atoms with Crippen LogP contribution in [0.15, 0.2) is 42.5 Å². The summed E-state index contributed by atoms with van der Waals surface area (Å²) in [5, 5.41) is 2.81. The molecule has 5 nitrogen and oxygen atoms in total. The number of methoxy groups -OCH3 is 1. The number of nitrogens with zero attached hydrogens (tertiary/aromatic N) is 1. The second-order valence-electron chi connectivity index (χ2n) is 6.44. The number of benzene rings is 2. The van der Waals surface area contributed by atoms with Crippen LogP contribution in [0.2, 0.25) is 0 Å². The van der Waals surface area contributed by atoms with Crippen molar-refractivity contribution < 1.29 is 23.0 Å². The Hall–Kier alpha value is -2.83. The number of hydrogen-bond acceptors (Lipinski definition) is 4. The molecular weight excluding hydrogens is 354 g/mol. The third kappa shape index (κ3) is 4.87. The fourth-order valence-corrected chi connectivity index (χ4v) is 3.15. The van der Waals surface area contributed by atoms with E-state index in [4.69, 9.17) is 9.47 Å². The van der Waals surface area contributed by atoms with Crippen molar-refractivity contribution in [1.29, 1.82) is 0 Å². The molecule has 0 aliphatic carbocycles. The van der Waals surface area contributed by atoms with Crippen LogP contribution in [0, 0.1) is 17.6 Å². The topological polar surface area (TPSA) is 50.8 Å². The Balaban J connectivity index is 1.44. The first-order chi connectivity index (χ1) is 13.1. The third-order valence-corrected chi connectivity index (χ3v) is 4.55. The fraction of sp³-hybridized carbons (Fsp3) is 0.350. The van der Waals surface area contributed by atoms with Gasteiger partial charge in [-0.3, -0.25) is 4.79 Å². The van der Waals surface area contributed by atoms with Crippen molar-refractivity contribution >= 4 is 11.6 Å². The predicted molar refractivity (Wildman–Crippen MR) is 98.2 cm³/mol. The summed E-state index contributed by atoms with van der Waals surface area (Å²) in [7, 11) is 1.65. The van der Waals surface area contributed by atoms with Gasteiger partial charge in [-0.15, -0.1) is 0 Å². The zero-order valence-corrected chi connectivity index (χ0v) is 15.1. The van der Waals surface area contributed by atoms with Crippen LogP contribution in [-0.4, -0.2) is 39.3 Å². The number of carbonyl (C=O) groups is 1. The summed E-state index contributed by atoms with van der Waals surface area (Å²) in [6, 6.07) is 10.8. The van der Waals surface area contributed by atoms with Gasteiger partial charge in [-0.25, -0.2) is 8.78 Å². The second kappa shape index (κ2) is 8.70. The van der Waals surface area contributed by atoms with E-state index in [2.05, 4.69) is 10.2 Å². The molecule has 1 aliphatic rings. The molecule has 3 rings (SSSR count). The van der Waals surface area contributed by atoms with Crippen molar-refractivity contribution in [3.63, 3.8) is 0 Å². The van der Waals surface area contributed by atoms with E-state index >= 15 is 0 Å². The molecule has 1 saturated heterocycles. The minimum absolute atomic E-state index is 0.144. The predicted octanol–water partition coefficient (Wildman–Crippen LogP) is 2.99. The molecule has 2 aromatic carbocycles. The highest BCUT2D eigenvalue weighted by Crippen LogP contribution is 2.31. The maximum atomic E-state index is 13.5. The molecule has 1 atom stereocenters. The Bertz CT molecular complexity index is 801. The molecule has 1 fully saturated rings. The average Bonchev–Trinajstić information content (AvgIpc) is 3.14. The van der Waals surface area contributed by atoms with Crippen molar-refractivity contribution in [2.24, 2.45) is 5.92 Å². The lowest BCUT2D eigenvalue weighted by Crippen LogP contribution is -2.34. The van der Waals surface area contributed by atoms with Gasteiger partial charge in [0.25, 0.3) is 5.91 Å². The third-order valence-electron chi connectivity index (χ3n) is 4.55. The van der Waals surface area contributed by atoms with Crippen molar-refractivity contribution in [3.05, 3.63) is 54.1 Å². The van der Waals surface area contributed by atoms with Gasteiger partial charge in [-0.2, -0.15) is 0 Å². The highest BCUT2D eigenvalue weighted by Gasteiger charge is 2.24. The molecule has 0 spiro atoms. The van der Waals surface area contributed by atoms with E-state index in [9.17, 15) is 13.6 Å². The Morgan fingerprint density at radius 3 is 2.81 bits per heavy atom. The fourth-order valence-electron chi connectivity index (χ4n) is 3.15. The lowest BCUT2D eigenvalue weighted by atomic mass is 10.1. The van der Waals surface area contributed by atoms with E-state index < -0.39 is 11.6 Å². The van der Waals surface area contributed by atoms with E-state index in [1.54, 1.807) is 7.11 Å². The van der Waals surface area contributed by atoms with Gasteiger partial charge >= 0.3 is 0 Å². The first-order valence-corrected chi connectivity index (χ1v) is 8.79. The number of rotatable bonds is 7. The molecule has 1 heterocycles. The monoisotopic (exact) mass is 376 g/mol. The number of para-hydroxylation sites is 2. The van der Waals surface area contributed by atoms with Gasteiger partial charge in [0, 0.05) is 25.7 Å². The van der Waals surface area contributed by atoms with Gasteiger partial charge in [-0.05, 0) is 36.6 Å². The summed E-state index contributed by atoms with van der Waals surface area (Å²) in [5.74, 6) is -0.862.